The van der Waals surface area contributed by atoms with E-state index in [0.29, 0.717) is 17.5 Å². The van der Waals surface area contributed by atoms with Crippen LogP contribution < -0.4 is 4.90 Å². The van der Waals surface area contributed by atoms with E-state index < -0.39 is 23.3 Å². The molecule has 0 radical (unpaired) electrons. The van der Waals surface area contributed by atoms with E-state index in [9.17, 15) is 29.3 Å². The summed E-state index contributed by atoms with van der Waals surface area (Å²) in [5.41, 5.74) is 0.452. The Labute approximate surface area is 199 Å². The average Bonchev–Trinajstić information content (AvgIpc) is 3.65. The zero-order valence-corrected chi connectivity index (χ0v) is 18.4. The van der Waals surface area contributed by atoms with E-state index in [4.69, 9.17) is 4.74 Å². The van der Waals surface area contributed by atoms with Gasteiger partial charge in [-0.05, 0) is 60.4 Å². The van der Waals surface area contributed by atoms with Gasteiger partial charge in [-0.25, -0.2) is 9.69 Å². The van der Waals surface area contributed by atoms with Crippen LogP contribution in [0.15, 0.2) is 60.7 Å². The summed E-state index contributed by atoms with van der Waals surface area (Å²) in [7, 11) is 0. The lowest BCUT2D eigenvalue weighted by atomic mass is 9.63. The molecular formula is C26H20N2O7. The number of ether oxygens (including phenoxy) is 1. The third-order valence-corrected chi connectivity index (χ3v) is 7.74. The van der Waals surface area contributed by atoms with Gasteiger partial charge in [0.05, 0.1) is 28.0 Å². The Hall–Kier alpha value is -4.14. The first kappa shape index (κ1) is 21.4. The van der Waals surface area contributed by atoms with Crippen LogP contribution in [0.1, 0.15) is 27.1 Å². The molecule has 1 heterocycles. The van der Waals surface area contributed by atoms with Crippen molar-refractivity contribution < 1.29 is 28.8 Å². The summed E-state index contributed by atoms with van der Waals surface area (Å²) >= 11 is 0. The number of hydrogen-bond donors (Lipinski definition) is 0. The molecule has 2 saturated carbocycles. The van der Waals surface area contributed by atoms with E-state index in [1.54, 1.807) is 12.1 Å². The van der Waals surface area contributed by atoms with Crippen LogP contribution in [0.3, 0.4) is 0 Å². The number of benzene rings is 2. The second-order valence-corrected chi connectivity index (χ2v) is 9.52. The lowest BCUT2D eigenvalue weighted by Gasteiger charge is -2.37. The minimum absolute atomic E-state index is 0.107. The molecule has 2 aromatic carbocycles. The standard InChI is InChI=1S/C26H20N2O7/c29-21(13-4-6-15(7-5-13)28(33)34)12-35-26(32)14-2-1-3-16(10-14)27-24(30)22-17-8-9-18(20-11-19(17)20)23(22)25(27)31/h1-10,17-20,22-23H,11-12H2/t17-,18-,19-,20-,22+,23+/m0/s1. The lowest BCUT2D eigenvalue weighted by molar-refractivity contribution is -0.384. The maximum Gasteiger partial charge on any atom is 0.338 e. The molecular weight excluding hydrogens is 452 g/mol. The molecule has 9 heteroatoms. The Morgan fingerprint density at radius 2 is 1.57 bits per heavy atom. The predicted octanol–water partition coefficient (Wildman–Crippen LogP) is 3.19. The number of nitro groups is 1. The SMILES string of the molecule is O=C(COC(=O)c1cccc(N2C(=O)[C@@H]3[C@H]4C=C[C@@H]([C@@H]5C[C@@H]45)[C@H]3C2=O)c1)c1ccc([N+](=O)[O-])cc1. The number of amides is 2. The van der Waals surface area contributed by atoms with E-state index in [-0.39, 0.29) is 52.3 Å². The van der Waals surface area contributed by atoms with E-state index in [0.717, 1.165) is 6.42 Å². The maximum absolute atomic E-state index is 13.3. The Morgan fingerprint density at radius 1 is 0.943 bits per heavy atom. The van der Waals surface area contributed by atoms with Crippen LogP contribution in [0.2, 0.25) is 0 Å². The molecule has 4 aliphatic carbocycles. The largest absolute Gasteiger partial charge is 0.454 e. The quantitative estimate of drug-likeness (QED) is 0.158. The highest BCUT2D eigenvalue weighted by atomic mass is 16.6. The summed E-state index contributed by atoms with van der Waals surface area (Å²) < 4.78 is 5.13. The summed E-state index contributed by atoms with van der Waals surface area (Å²) in [6.45, 7) is -0.551. The van der Waals surface area contributed by atoms with Gasteiger partial charge < -0.3 is 4.74 Å². The Morgan fingerprint density at radius 3 is 2.17 bits per heavy atom. The number of hydrogen-bond acceptors (Lipinski definition) is 7. The number of nitrogens with zero attached hydrogens (tertiary/aromatic N) is 2. The van der Waals surface area contributed by atoms with Crippen molar-refractivity contribution in [3.8, 4) is 0 Å². The molecule has 0 N–H and O–H groups in total. The molecule has 0 unspecified atom stereocenters. The van der Waals surface area contributed by atoms with Crippen molar-refractivity contribution in [2.24, 2.45) is 35.5 Å². The minimum Gasteiger partial charge on any atom is -0.454 e. The number of non-ortho nitro benzene ring substituents is 1. The summed E-state index contributed by atoms with van der Waals surface area (Å²) in [5.74, 6) is -1.19. The van der Waals surface area contributed by atoms with Gasteiger partial charge in [-0.2, -0.15) is 0 Å². The maximum atomic E-state index is 13.3. The van der Waals surface area contributed by atoms with Crippen molar-refractivity contribution in [1.29, 1.82) is 0 Å². The van der Waals surface area contributed by atoms with Crippen LogP contribution in [-0.2, 0) is 14.3 Å². The summed E-state index contributed by atoms with van der Waals surface area (Å²) in [4.78, 5) is 62.9. The van der Waals surface area contributed by atoms with Crippen LogP contribution in [0.25, 0.3) is 0 Å². The Kier molecular flexibility index (Phi) is 4.70. The van der Waals surface area contributed by atoms with Crippen LogP contribution in [0, 0.1) is 45.6 Å². The van der Waals surface area contributed by atoms with Gasteiger partial charge in [0, 0.05) is 17.7 Å². The van der Waals surface area contributed by atoms with Crippen molar-refractivity contribution in [3.05, 3.63) is 81.9 Å². The van der Waals surface area contributed by atoms with Gasteiger partial charge in [-0.3, -0.25) is 24.5 Å². The minimum atomic E-state index is -0.776. The van der Waals surface area contributed by atoms with Gasteiger partial charge in [-0.1, -0.05) is 18.2 Å². The molecule has 176 valence electrons. The van der Waals surface area contributed by atoms with Crippen molar-refractivity contribution >= 4 is 34.9 Å². The number of allylic oxidation sites excluding steroid dienone is 2. The first-order valence-electron chi connectivity index (χ1n) is 11.5. The fraction of sp³-hybridized carbons (Fsp3) is 0.308. The first-order chi connectivity index (χ1) is 16.8. The van der Waals surface area contributed by atoms with Gasteiger partial charge in [0.1, 0.15) is 0 Å². The molecule has 6 atom stereocenters. The molecule has 2 bridgehead atoms. The number of carbonyl (C=O) groups excluding carboxylic acids is 4. The van der Waals surface area contributed by atoms with E-state index in [2.05, 4.69) is 12.2 Å². The van der Waals surface area contributed by atoms with Crippen molar-refractivity contribution in [1.82, 2.24) is 0 Å². The highest BCUT2D eigenvalue weighted by Crippen LogP contribution is 2.65. The molecule has 7 rings (SSSR count). The molecule has 9 nitrogen and oxygen atoms in total. The first-order valence-corrected chi connectivity index (χ1v) is 11.5. The van der Waals surface area contributed by atoms with E-state index in [1.165, 1.54) is 41.3 Å². The lowest BCUT2D eigenvalue weighted by Crippen LogP contribution is -2.40. The van der Waals surface area contributed by atoms with E-state index >= 15 is 0 Å². The smallest absolute Gasteiger partial charge is 0.338 e. The topological polar surface area (TPSA) is 124 Å². The average molecular weight is 472 g/mol. The molecule has 1 aliphatic heterocycles. The second-order valence-electron chi connectivity index (χ2n) is 9.52. The number of ketones is 1. The van der Waals surface area contributed by atoms with Gasteiger partial charge in [0.2, 0.25) is 11.8 Å². The molecule has 0 aromatic heterocycles. The fourth-order valence-corrected chi connectivity index (χ4v) is 6.05. The Balaban J connectivity index is 1.16. The van der Waals surface area contributed by atoms with Crippen molar-refractivity contribution in [2.45, 2.75) is 6.42 Å². The third kappa shape index (κ3) is 3.30. The summed E-state index contributed by atoms with van der Waals surface area (Å²) in [6, 6.07) is 11.1. The van der Waals surface area contributed by atoms with Crippen molar-refractivity contribution in [2.75, 3.05) is 11.5 Å². The molecule has 1 saturated heterocycles. The molecule has 5 aliphatic rings. The second kappa shape index (κ2) is 7.69. The monoisotopic (exact) mass is 472 g/mol. The number of carbonyl (C=O) groups is 4. The van der Waals surface area contributed by atoms with E-state index in [1.807, 2.05) is 0 Å². The Bertz CT molecular complexity index is 1300. The van der Waals surface area contributed by atoms with Gasteiger partial charge in [0.25, 0.3) is 5.69 Å². The molecule has 0 spiro atoms. The van der Waals surface area contributed by atoms with Crippen molar-refractivity contribution in [3.63, 3.8) is 0 Å². The van der Waals surface area contributed by atoms with Gasteiger partial charge in [-0.15, -0.1) is 0 Å². The van der Waals surface area contributed by atoms with Crippen LogP contribution in [0.4, 0.5) is 11.4 Å². The summed E-state index contributed by atoms with van der Waals surface area (Å²) in [5, 5.41) is 10.7. The highest BCUT2D eigenvalue weighted by molar-refractivity contribution is 6.23. The zero-order chi connectivity index (χ0) is 24.4. The summed E-state index contributed by atoms with van der Waals surface area (Å²) in [6.07, 6.45) is 5.28. The predicted molar refractivity (Wildman–Crippen MR) is 121 cm³/mol. The fourth-order valence-electron chi connectivity index (χ4n) is 6.05. The zero-order valence-electron chi connectivity index (χ0n) is 18.4. The molecule has 2 amide bonds. The van der Waals surface area contributed by atoms with Crippen LogP contribution >= 0.6 is 0 Å². The van der Waals surface area contributed by atoms with Crippen LogP contribution in [-0.4, -0.2) is 35.1 Å². The van der Waals surface area contributed by atoms with Crippen LogP contribution in [0.5, 0.6) is 0 Å². The molecule has 2 aromatic rings. The third-order valence-electron chi connectivity index (χ3n) is 7.74. The normalized spacial score (nSPS) is 29.5. The van der Waals surface area contributed by atoms with Gasteiger partial charge >= 0.3 is 5.97 Å². The molecule has 35 heavy (non-hydrogen) atoms. The number of anilines is 1. The number of imide groups is 1. The number of nitro benzene ring substituents is 1. The highest BCUT2D eigenvalue weighted by Gasteiger charge is 2.67. The number of Topliss-reactive ketones (excluding diaryl/α,β-unsaturated/α-hetero) is 1. The number of rotatable bonds is 6. The van der Waals surface area contributed by atoms with Gasteiger partial charge in [0.15, 0.2) is 12.4 Å². The number of esters is 1. The molecule has 3 fully saturated rings.